The number of nitrogens with one attached hydrogen (secondary N) is 2. The molecule has 1 amide bonds. The van der Waals surface area contributed by atoms with Crippen LogP contribution in [0.1, 0.15) is 17.3 Å². The minimum atomic E-state index is -0.115. The first-order valence-electron chi connectivity index (χ1n) is 6.67. The maximum absolute atomic E-state index is 11.9. The van der Waals surface area contributed by atoms with E-state index in [0.717, 1.165) is 0 Å². The average molecular weight is 281 g/mol. The highest BCUT2D eigenvalue weighted by molar-refractivity contribution is 6.00. The monoisotopic (exact) mass is 281 g/mol. The van der Waals surface area contributed by atoms with Crippen molar-refractivity contribution in [2.75, 3.05) is 51.1 Å². The first-order valence-corrected chi connectivity index (χ1v) is 6.67. The smallest absolute Gasteiger partial charge is 0.253 e. The topological polar surface area (TPSA) is 85.6 Å². The van der Waals surface area contributed by atoms with E-state index in [1.54, 1.807) is 25.3 Å². The Morgan fingerprint density at radius 2 is 2.10 bits per heavy atom. The Morgan fingerprint density at radius 1 is 1.30 bits per heavy atom. The molecule has 4 N–H and O–H groups in total. The Labute approximate surface area is 119 Å². The fourth-order valence-electron chi connectivity index (χ4n) is 1.66. The number of nitrogens with two attached hydrogens (primary N) is 1. The Morgan fingerprint density at radius 3 is 2.80 bits per heavy atom. The van der Waals surface area contributed by atoms with E-state index in [-0.39, 0.29) is 5.91 Å². The summed E-state index contributed by atoms with van der Waals surface area (Å²) in [5.74, 6) is -0.115. The zero-order valence-corrected chi connectivity index (χ0v) is 12.1. The van der Waals surface area contributed by atoms with Gasteiger partial charge in [-0.25, -0.2) is 0 Å². The lowest BCUT2D eigenvalue weighted by atomic mass is 10.1. The van der Waals surface area contributed by atoms with Crippen LogP contribution in [0.25, 0.3) is 0 Å². The summed E-state index contributed by atoms with van der Waals surface area (Å²) in [4.78, 5) is 11.9. The highest BCUT2D eigenvalue weighted by atomic mass is 16.5. The van der Waals surface area contributed by atoms with Gasteiger partial charge in [-0.3, -0.25) is 4.79 Å². The molecule has 0 saturated carbocycles. The maximum atomic E-state index is 11.9. The first-order chi connectivity index (χ1) is 9.69. The van der Waals surface area contributed by atoms with Crippen molar-refractivity contribution in [2.24, 2.45) is 0 Å². The van der Waals surface area contributed by atoms with Crippen LogP contribution in [0.5, 0.6) is 0 Å². The summed E-state index contributed by atoms with van der Waals surface area (Å²) in [6, 6.07) is 5.18. The predicted molar refractivity (Wildman–Crippen MR) is 80.0 cm³/mol. The minimum absolute atomic E-state index is 0.115. The highest BCUT2D eigenvalue weighted by Gasteiger charge is 2.10. The third-order valence-corrected chi connectivity index (χ3v) is 2.62. The molecule has 0 atom stereocenters. The molecular weight excluding hydrogens is 258 g/mol. The fourth-order valence-corrected chi connectivity index (χ4v) is 1.66. The van der Waals surface area contributed by atoms with Gasteiger partial charge in [0, 0.05) is 31.6 Å². The summed E-state index contributed by atoms with van der Waals surface area (Å²) in [7, 11) is 1.63. The van der Waals surface area contributed by atoms with E-state index < -0.39 is 0 Å². The third-order valence-electron chi connectivity index (χ3n) is 2.62. The van der Waals surface area contributed by atoms with Crippen molar-refractivity contribution in [1.82, 2.24) is 5.32 Å². The zero-order valence-electron chi connectivity index (χ0n) is 12.1. The molecule has 0 spiro atoms. The van der Waals surface area contributed by atoms with Crippen molar-refractivity contribution < 1.29 is 14.3 Å². The van der Waals surface area contributed by atoms with Gasteiger partial charge in [0.15, 0.2) is 0 Å². The molecule has 1 rings (SSSR count). The van der Waals surface area contributed by atoms with Gasteiger partial charge in [0.1, 0.15) is 0 Å². The Hall–Kier alpha value is -1.79. The van der Waals surface area contributed by atoms with Crippen molar-refractivity contribution in [1.29, 1.82) is 0 Å². The Balaban J connectivity index is 2.54. The van der Waals surface area contributed by atoms with Crippen molar-refractivity contribution in [3.05, 3.63) is 23.8 Å². The predicted octanol–water partition coefficient (Wildman–Crippen LogP) is 1.09. The quantitative estimate of drug-likeness (QED) is 0.466. The molecule has 0 aliphatic heterocycles. The van der Waals surface area contributed by atoms with E-state index in [2.05, 4.69) is 10.6 Å². The zero-order chi connectivity index (χ0) is 14.8. The number of carbonyl (C=O) groups is 1. The summed E-state index contributed by atoms with van der Waals surface area (Å²) < 4.78 is 10.2. The lowest BCUT2D eigenvalue weighted by Crippen LogP contribution is -2.24. The van der Waals surface area contributed by atoms with Gasteiger partial charge in [-0.15, -0.1) is 0 Å². The third kappa shape index (κ3) is 5.46. The number of ether oxygens (including phenoxy) is 2. The second kappa shape index (κ2) is 9.17. The number of methoxy groups -OCH3 is 1. The highest BCUT2D eigenvalue weighted by Crippen LogP contribution is 2.19. The lowest BCUT2D eigenvalue weighted by Gasteiger charge is -2.13. The molecule has 6 heteroatoms. The van der Waals surface area contributed by atoms with E-state index in [0.29, 0.717) is 49.8 Å². The second-order valence-corrected chi connectivity index (χ2v) is 4.20. The molecule has 0 saturated heterocycles. The minimum Gasteiger partial charge on any atom is -0.399 e. The SMILES string of the molecule is CCNC(=O)c1ccc(N)cc1NCCOCCOC. The van der Waals surface area contributed by atoms with E-state index in [1.165, 1.54) is 0 Å². The molecule has 0 heterocycles. The number of hydrogen-bond acceptors (Lipinski definition) is 5. The van der Waals surface area contributed by atoms with Gasteiger partial charge in [0.25, 0.3) is 5.91 Å². The van der Waals surface area contributed by atoms with Crippen LogP contribution in [-0.2, 0) is 9.47 Å². The lowest BCUT2D eigenvalue weighted by molar-refractivity contribution is 0.0759. The normalized spacial score (nSPS) is 10.3. The second-order valence-electron chi connectivity index (χ2n) is 4.20. The maximum Gasteiger partial charge on any atom is 0.253 e. The molecule has 1 aromatic carbocycles. The summed E-state index contributed by atoms with van der Waals surface area (Å²) in [6.45, 7) is 4.72. The van der Waals surface area contributed by atoms with Crippen molar-refractivity contribution in [3.63, 3.8) is 0 Å². The molecule has 1 aromatic rings. The number of nitrogen functional groups attached to an aromatic ring is 1. The van der Waals surface area contributed by atoms with Crippen LogP contribution < -0.4 is 16.4 Å². The molecule has 20 heavy (non-hydrogen) atoms. The van der Waals surface area contributed by atoms with Crippen LogP contribution >= 0.6 is 0 Å². The van der Waals surface area contributed by atoms with Crippen molar-refractivity contribution in [3.8, 4) is 0 Å². The van der Waals surface area contributed by atoms with Crippen molar-refractivity contribution >= 4 is 17.3 Å². The summed E-state index contributed by atoms with van der Waals surface area (Å²) in [6.07, 6.45) is 0. The van der Waals surface area contributed by atoms with E-state index >= 15 is 0 Å². The largest absolute Gasteiger partial charge is 0.399 e. The average Bonchev–Trinajstić information content (AvgIpc) is 2.43. The van der Waals surface area contributed by atoms with Crippen LogP contribution in [0.15, 0.2) is 18.2 Å². The standard InChI is InChI=1S/C14H23N3O3/c1-3-16-14(18)12-5-4-11(15)10-13(12)17-6-7-20-9-8-19-2/h4-5,10,17H,3,6-9,15H2,1-2H3,(H,16,18). The van der Waals surface area contributed by atoms with Gasteiger partial charge in [0.2, 0.25) is 0 Å². The molecule has 112 valence electrons. The molecule has 0 aromatic heterocycles. The number of rotatable bonds is 9. The molecule has 0 bridgehead atoms. The molecule has 0 radical (unpaired) electrons. The Kier molecular flexibility index (Phi) is 7.46. The van der Waals surface area contributed by atoms with Crippen molar-refractivity contribution in [2.45, 2.75) is 6.92 Å². The van der Waals surface area contributed by atoms with E-state index in [4.69, 9.17) is 15.2 Å². The van der Waals surface area contributed by atoms with Gasteiger partial charge in [-0.05, 0) is 25.1 Å². The first kappa shape index (κ1) is 16.3. The van der Waals surface area contributed by atoms with Crippen LogP contribution in [-0.4, -0.2) is 45.9 Å². The summed E-state index contributed by atoms with van der Waals surface area (Å²) in [5, 5.41) is 5.94. The van der Waals surface area contributed by atoms with Crippen LogP contribution in [0, 0.1) is 0 Å². The van der Waals surface area contributed by atoms with Gasteiger partial charge in [-0.2, -0.15) is 0 Å². The molecule has 0 aliphatic carbocycles. The number of hydrogen-bond donors (Lipinski definition) is 3. The fraction of sp³-hybridized carbons (Fsp3) is 0.500. The summed E-state index contributed by atoms with van der Waals surface area (Å²) >= 11 is 0. The van der Waals surface area contributed by atoms with Gasteiger partial charge >= 0.3 is 0 Å². The van der Waals surface area contributed by atoms with Crippen LogP contribution in [0.3, 0.4) is 0 Å². The Bertz CT molecular complexity index is 424. The molecule has 6 nitrogen and oxygen atoms in total. The van der Waals surface area contributed by atoms with E-state index in [9.17, 15) is 4.79 Å². The number of carbonyl (C=O) groups excluding carboxylic acids is 1. The van der Waals surface area contributed by atoms with E-state index in [1.807, 2.05) is 6.92 Å². The van der Waals surface area contributed by atoms with Gasteiger partial charge in [-0.1, -0.05) is 0 Å². The van der Waals surface area contributed by atoms with Gasteiger partial charge < -0.3 is 25.8 Å². The summed E-state index contributed by atoms with van der Waals surface area (Å²) in [5.41, 5.74) is 7.66. The number of anilines is 2. The number of amides is 1. The molecular formula is C14H23N3O3. The van der Waals surface area contributed by atoms with Gasteiger partial charge in [0.05, 0.1) is 25.4 Å². The molecule has 0 aliphatic rings. The number of benzene rings is 1. The molecule has 0 fully saturated rings. The van der Waals surface area contributed by atoms with Crippen LogP contribution in [0.2, 0.25) is 0 Å². The molecule has 0 unspecified atom stereocenters. The van der Waals surface area contributed by atoms with Crippen LogP contribution in [0.4, 0.5) is 11.4 Å².